The molecule has 0 atom stereocenters. The average Bonchev–Trinajstić information content (AvgIpc) is 3.09. The summed E-state index contributed by atoms with van der Waals surface area (Å²) in [6, 6.07) is 13.3. The second kappa shape index (κ2) is 6.66. The van der Waals surface area contributed by atoms with Crippen molar-refractivity contribution >= 4 is 17.2 Å². The molecule has 3 aromatic heterocycles. The average molecular weight is 380 g/mol. The number of benzene rings is 1. The molecule has 0 saturated heterocycles. The number of aromatic nitrogens is 4. The van der Waals surface area contributed by atoms with Gasteiger partial charge in [-0.25, -0.2) is 9.97 Å². The van der Waals surface area contributed by atoms with Crippen LogP contribution in [0.25, 0.3) is 17.0 Å². The highest BCUT2D eigenvalue weighted by Crippen LogP contribution is 2.36. The van der Waals surface area contributed by atoms with Crippen molar-refractivity contribution in [1.29, 1.82) is 5.26 Å². The second-order valence-corrected chi connectivity index (χ2v) is 5.84. The Balaban J connectivity index is 1.78. The van der Waals surface area contributed by atoms with Gasteiger partial charge < -0.3 is 5.32 Å². The molecule has 4 aromatic rings. The molecule has 6 nitrogen and oxygen atoms in total. The lowest BCUT2D eigenvalue weighted by atomic mass is 10.2. The molecule has 1 aromatic carbocycles. The van der Waals surface area contributed by atoms with E-state index in [1.165, 1.54) is 29.1 Å². The van der Waals surface area contributed by atoms with Gasteiger partial charge >= 0.3 is 6.18 Å². The lowest BCUT2D eigenvalue weighted by Gasteiger charge is -2.09. The van der Waals surface area contributed by atoms with Gasteiger partial charge in [-0.15, -0.1) is 0 Å². The molecule has 0 fully saturated rings. The van der Waals surface area contributed by atoms with Gasteiger partial charge in [-0.3, -0.25) is 9.38 Å². The van der Waals surface area contributed by atoms with Crippen LogP contribution in [0, 0.1) is 11.3 Å². The smallest absolute Gasteiger partial charge is 0.339 e. The summed E-state index contributed by atoms with van der Waals surface area (Å²) in [5, 5.41) is 11.8. The molecule has 0 radical (unpaired) electrons. The number of rotatable bonds is 3. The fourth-order valence-electron chi connectivity index (χ4n) is 2.75. The molecule has 28 heavy (non-hydrogen) atoms. The SMILES string of the molecule is N#Cc1ccc(Nc2cncc(-c3c(C(F)(F)F)nc4ccccn34)n2)cc1. The number of hydrogen-bond acceptors (Lipinski definition) is 5. The van der Waals surface area contributed by atoms with E-state index >= 15 is 0 Å². The first kappa shape index (κ1) is 17.5. The van der Waals surface area contributed by atoms with Crippen LogP contribution < -0.4 is 5.32 Å². The molecule has 0 aliphatic heterocycles. The Labute approximate surface area is 156 Å². The van der Waals surface area contributed by atoms with Crippen LogP contribution in [0.5, 0.6) is 0 Å². The maximum Gasteiger partial charge on any atom is 0.435 e. The summed E-state index contributed by atoms with van der Waals surface area (Å²) in [6.45, 7) is 0. The molecule has 4 rings (SSSR count). The number of anilines is 2. The Morgan fingerprint density at radius 3 is 2.50 bits per heavy atom. The van der Waals surface area contributed by atoms with E-state index in [-0.39, 0.29) is 22.9 Å². The van der Waals surface area contributed by atoms with Crippen LogP contribution in [-0.2, 0) is 6.18 Å². The minimum atomic E-state index is -4.64. The van der Waals surface area contributed by atoms with Crippen LogP contribution in [0.1, 0.15) is 11.3 Å². The Bertz CT molecular complexity index is 1190. The number of imidazole rings is 1. The quantitative estimate of drug-likeness (QED) is 0.569. The van der Waals surface area contributed by atoms with Gasteiger partial charge in [0.2, 0.25) is 0 Å². The van der Waals surface area contributed by atoms with E-state index in [1.807, 2.05) is 6.07 Å². The van der Waals surface area contributed by atoms with E-state index in [0.29, 0.717) is 11.3 Å². The topological polar surface area (TPSA) is 78.9 Å². The van der Waals surface area contributed by atoms with Gasteiger partial charge in [0.1, 0.15) is 22.9 Å². The van der Waals surface area contributed by atoms with Gasteiger partial charge in [0.25, 0.3) is 0 Å². The molecule has 0 spiro atoms. The van der Waals surface area contributed by atoms with Gasteiger partial charge in [-0.05, 0) is 36.4 Å². The second-order valence-electron chi connectivity index (χ2n) is 5.84. The normalized spacial score (nSPS) is 11.4. The van der Waals surface area contributed by atoms with Crippen molar-refractivity contribution in [2.24, 2.45) is 0 Å². The first-order chi connectivity index (χ1) is 13.5. The predicted molar refractivity (Wildman–Crippen MR) is 95.7 cm³/mol. The van der Waals surface area contributed by atoms with Crippen LogP contribution in [0.15, 0.2) is 61.1 Å². The Hall–Kier alpha value is -3.93. The fraction of sp³-hybridized carbons (Fsp3) is 0.0526. The molecular formula is C19H11F3N6. The van der Waals surface area contributed by atoms with Gasteiger partial charge in [0, 0.05) is 11.9 Å². The van der Waals surface area contributed by atoms with Crippen molar-refractivity contribution in [3.63, 3.8) is 0 Å². The number of fused-ring (bicyclic) bond motifs is 1. The summed E-state index contributed by atoms with van der Waals surface area (Å²) in [5.41, 5.74) is 0.106. The monoisotopic (exact) mass is 380 g/mol. The molecular weight excluding hydrogens is 369 g/mol. The predicted octanol–water partition coefficient (Wildman–Crippen LogP) is 4.43. The van der Waals surface area contributed by atoms with E-state index in [1.54, 1.807) is 36.4 Å². The third-order valence-electron chi connectivity index (χ3n) is 3.96. The summed E-state index contributed by atoms with van der Waals surface area (Å²) in [6.07, 6.45) is -0.483. The van der Waals surface area contributed by atoms with E-state index in [4.69, 9.17) is 5.26 Å². The fourth-order valence-corrected chi connectivity index (χ4v) is 2.75. The van der Waals surface area contributed by atoms with Crippen molar-refractivity contribution in [3.8, 4) is 17.5 Å². The first-order valence-corrected chi connectivity index (χ1v) is 8.09. The largest absolute Gasteiger partial charge is 0.435 e. The Kier molecular flexibility index (Phi) is 4.16. The van der Waals surface area contributed by atoms with Crippen LogP contribution in [0.4, 0.5) is 24.7 Å². The standard InChI is InChI=1S/C19H11F3N6/c20-19(21,22)18-17(28-8-2-1-3-16(28)27-18)14-10-24-11-15(26-14)25-13-6-4-12(9-23)5-7-13/h1-8,10-11H,(H,25,26). The number of halogens is 3. The zero-order chi connectivity index (χ0) is 19.7. The van der Waals surface area contributed by atoms with Crippen molar-refractivity contribution < 1.29 is 13.2 Å². The number of nitrogens with zero attached hydrogens (tertiary/aromatic N) is 5. The van der Waals surface area contributed by atoms with E-state index in [9.17, 15) is 13.2 Å². The van der Waals surface area contributed by atoms with Gasteiger partial charge in [-0.1, -0.05) is 6.07 Å². The first-order valence-electron chi connectivity index (χ1n) is 8.09. The number of hydrogen-bond donors (Lipinski definition) is 1. The third-order valence-corrected chi connectivity index (χ3v) is 3.96. The van der Waals surface area contributed by atoms with E-state index < -0.39 is 11.9 Å². The minimum absolute atomic E-state index is 0.0321. The van der Waals surface area contributed by atoms with Crippen LogP contribution in [-0.4, -0.2) is 19.4 Å². The van der Waals surface area contributed by atoms with E-state index in [2.05, 4.69) is 20.3 Å². The Morgan fingerprint density at radius 1 is 1.00 bits per heavy atom. The van der Waals surface area contributed by atoms with Crippen molar-refractivity contribution in [1.82, 2.24) is 19.4 Å². The minimum Gasteiger partial charge on any atom is -0.339 e. The van der Waals surface area contributed by atoms with E-state index in [0.717, 1.165) is 0 Å². The lowest BCUT2D eigenvalue weighted by Crippen LogP contribution is -2.09. The molecule has 3 heterocycles. The molecule has 0 bridgehead atoms. The van der Waals surface area contributed by atoms with Crippen LogP contribution in [0.2, 0.25) is 0 Å². The molecule has 0 unspecified atom stereocenters. The van der Waals surface area contributed by atoms with Crippen molar-refractivity contribution in [2.75, 3.05) is 5.32 Å². The molecule has 0 aliphatic carbocycles. The van der Waals surface area contributed by atoms with Gasteiger partial charge in [0.15, 0.2) is 5.69 Å². The van der Waals surface area contributed by atoms with Crippen LogP contribution in [0.3, 0.4) is 0 Å². The number of nitrogens with one attached hydrogen (secondary N) is 1. The summed E-state index contributed by atoms with van der Waals surface area (Å²) < 4.78 is 41.9. The molecule has 138 valence electrons. The molecule has 1 N–H and O–H groups in total. The summed E-state index contributed by atoms with van der Waals surface area (Å²) in [7, 11) is 0. The number of nitriles is 1. The number of alkyl halides is 3. The summed E-state index contributed by atoms with van der Waals surface area (Å²) >= 11 is 0. The molecule has 0 aliphatic rings. The van der Waals surface area contributed by atoms with Gasteiger partial charge in [0.05, 0.1) is 24.0 Å². The van der Waals surface area contributed by atoms with Crippen LogP contribution >= 0.6 is 0 Å². The highest BCUT2D eigenvalue weighted by molar-refractivity contribution is 5.66. The Morgan fingerprint density at radius 2 is 1.79 bits per heavy atom. The maximum atomic E-state index is 13.5. The highest BCUT2D eigenvalue weighted by atomic mass is 19.4. The molecule has 0 amide bonds. The van der Waals surface area contributed by atoms with Crippen molar-refractivity contribution in [3.05, 3.63) is 72.3 Å². The summed E-state index contributed by atoms with van der Waals surface area (Å²) in [5.74, 6) is 0.265. The van der Waals surface area contributed by atoms with Gasteiger partial charge in [-0.2, -0.15) is 18.4 Å². The molecule has 9 heteroatoms. The number of pyridine rings is 1. The zero-order valence-corrected chi connectivity index (χ0v) is 14.1. The summed E-state index contributed by atoms with van der Waals surface area (Å²) in [4.78, 5) is 12.0. The highest BCUT2D eigenvalue weighted by Gasteiger charge is 2.38. The maximum absolute atomic E-state index is 13.5. The van der Waals surface area contributed by atoms with Crippen molar-refractivity contribution in [2.45, 2.75) is 6.18 Å². The third kappa shape index (κ3) is 3.23. The lowest BCUT2D eigenvalue weighted by molar-refractivity contribution is -0.140. The molecule has 0 saturated carbocycles. The zero-order valence-electron chi connectivity index (χ0n) is 14.1.